The highest BCUT2D eigenvalue weighted by Gasteiger charge is 2.12. The molecular formula is C15H12BrN3O. The first-order chi connectivity index (χ1) is 9.66. The first-order valence-electron chi connectivity index (χ1n) is 6.15. The molecule has 2 aromatic carbocycles. The van der Waals surface area contributed by atoms with Gasteiger partial charge in [0.25, 0.3) is 5.91 Å². The number of aromatic nitrogens is 2. The molecule has 0 saturated heterocycles. The Labute approximate surface area is 124 Å². The first kappa shape index (κ1) is 12.9. The molecule has 0 aliphatic rings. The smallest absolute Gasteiger partial charge is 0.255 e. The number of rotatable bonds is 2. The van der Waals surface area contributed by atoms with Gasteiger partial charge in [0.15, 0.2) is 0 Å². The number of nitrogens with one attached hydrogen (secondary N) is 2. The van der Waals surface area contributed by atoms with E-state index in [0.29, 0.717) is 5.56 Å². The Morgan fingerprint density at radius 3 is 2.90 bits per heavy atom. The monoisotopic (exact) mass is 329 g/mol. The highest BCUT2D eigenvalue weighted by Crippen LogP contribution is 2.24. The van der Waals surface area contributed by atoms with Crippen molar-refractivity contribution in [2.24, 2.45) is 0 Å². The topological polar surface area (TPSA) is 57.8 Å². The molecule has 3 aromatic rings. The standard InChI is InChI=1S/C15H12BrN3O/c1-9-10(4-2-5-12(9)16)15(20)18-13-6-3-7-14-11(13)8-17-19-14/h2-8H,1H3,(H,17,19)(H,18,20). The summed E-state index contributed by atoms with van der Waals surface area (Å²) in [4.78, 5) is 12.4. The fourth-order valence-corrected chi connectivity index (χ4v) is 2.49. The number of H-pyrrole nitrogens is 1. The summed E-state index contributed by atoms with van der Waals surface area (Å²) in [5.74, 6) is -0.127. The van der Waals surface area contributed by atoms with Gasteiger partial charge in [0, 0.05) is 15.4 Å². The van der Waals surface area contributed by atoms with Crippen molar-refractivity contribution in [2.45, 2.75) is 6.92 Å². The minimum absolute atomic E-state index is 0.127. The summed E-state index contributed by atoms with van der Waals surface area (Å²) in [5.41, 5.74) is 3.22. The third-order valence-corrected chi connectivity index (χ3v) is 4.10. The summed E-state index contributed by atoms with van der Waals surface area (Å²) in [7, 11) is 0. The van der Waals surface area contributed by atoms with Crippen LogP contribution in [0.15, 0.2) is 47.1 Å². The molecule has 3 rings (SSSR count). The summed E-state index contributed by atoms with van der Waals surface area (Å²) < 4.78 is 0.923. The fourth-order valence-electron chi connectivity index (χ4n) is 2.12. The molecule has 100 valence electrons. The molecule has 1 aromatic heterocycles. The van der Waals surface area contributed by atoms with Crippen LogP contribution in [0.2, 0.25) is 0 Å². The highest BCUT2D eigenvalue weighted by molar-refractivity contribution is 9.10. The number of nitrogens with zero attached hydrogens (tertiary/aromatic N) is 1. The van der Waals surface area contributed by atoms with E-state index in [-0.39, 0.29) is 5.91 Å². The quantitative estimate of drug-likeness (QED) is 0.749. The van der Waals surface area contributed by atoms with E-state index in [0.717, 1.165) is 26.6 Å². The number of carbonyl (C=O) groups excluding carboxylic acids is 1. The lowest BCUT2D eigenvalue weighted by atomic mass is 10.1. The number of halogens is 1. The lowest BCUT2D eigenvalue weighted by Crippen LogP contribution is -2.13. The van der Waals surface area contributed by atoms with Crippen LogP contribution < -0.4 is 5.32 Å². The molecule has 0 unspecified atom stereocenters. The molecule has 0 fully saturated rings. The van der Waals surface area contributed by atoms with E-state index >= 15 is 0 Å². The summed E-state index contributed by atoms with van der Waals surface area (Å²) in [6.45, 7) is 1.91. The number of anilines is 1. The number of fused-ring (bicyclic) bond motifs is 1. The van der Waals surface area contributed by atoms with Crippen molar-refractivity contribution >= 4 is 38.4 Å². The molecule has 4 nitrogen and oxygen atoms in total. The third kappa shape index (κ3) is 2.20. The van der Waals surface area contributed by atoms with Gasteiger partial charge in [-0.3, -0.25) is 9.89 Å². The molecular weight excluding hydrogens is 318 g/mol. The SMILES string of the molecule is Cc1c(Br)cccc1C(=O)Nc1cccc2[nH]ncc12. The van der Waals surface area contributed by atoms with Crippen LogP contribution in [0.3, 0.4) is 0 Å². The van der Waals surface area contributed by atoms with E-state index in [9.17, 15) is 4.79 Å². The zero-order valence-corrected chi connectivity index (χ0v) is 12.4. The third-order valence-electron chi connectivity index (χ3n) is 3.25. The number of aromatic amines is 1. The van der Waals surface area contributed by atoms with Crippen LogP contribution in [0.1, 0.15) is 15.9 Å². The van der Waals surface area contributed by atoms with Crippen molar-refractivity contribution in [2.75, 3.05) is 5.32 Å². The molecule has 0 atom stereocenters. The number of carbonyl (C=O) groups is 1. The van der Waals surface area contributed by atoms with E-state index < -0.39 is 0 Å². The number of hydrogen-bond acceptors (Lipinski definition) is 2. The van der Waals surface area contributed by atoms with Gasteiger partial charge < -0.3 is 5.32 Å². The average molecular weight is 330 g/mol. The van der Waals surface area contributed by atoms with Crippen LogP contribution in [-0.2, 0) is 0 Å². The van der Waals surface area contributed by atoms with E-state index in [1.165, 1.54) is 0 Å². The van der Waals surface area contributed by atoms with Crippen LogP contribution in [0.4, 0.5) is 5.69 Å². The predicted molar refractivity (Wildman–Crippen MR) is 82.9 cm³/mol. The average Bonchev–Trinajstić information content (AvgIpc) is 2.91. The van der Waals surface area contributed by atoms with Gasteiger partial charge in [-0.2, -0.15) is 5.10 Å². The van der Waals surface area contributed by atoms with Gasteiger partial charge in [0.1, 0.15) is 0 Å². The van der Waals surface area contributed by atoms with Crippen LogP contribution in [-0.4, -0.2) is 16.1 Å². The lowest BCUT2D eigenvalue weighted by Gasteiger charge is -2.09. The van der Waals surface area contributed by atoms with E-state index in [4.69, 9.17) is 0 Å². The van der Waals surface area contributed by atoms with Crippen LogP contribution in [0.5, 0.6) is 0 Å². The Hall–Kier alpha value is -2.14. The molecule has 0 radical (unpaired) electrons. The van der Waals surface area contributed by atoms with Gasteiger partial charge in [-0.15, -0.1) is 0 Å². The molecule has 20 heavy (non-hydrogen) atoms. The Morgan fingerprint density at radius 1 is 1.25 bits per heavy atom. The molecule has 5 heteroatoms. The largest absolute Gasteiger partial charge is 0.321 e. The molecule has 1 amide bonds. The van der Waals surface area contributed by atoms with Gasteiger partial charge in [-0.1, -0.05) is 28.1 Å². The Bertz CT molecular complexity index is 795. The van der Waals surface area contributed by atoms with Crippen LogP contribution in [0, 0.1) is 6.92 Å². The zero-order valence-electron chi connectivity index (χ0n) is 10.8. The maximum atomic E-state index is 12.4. The maximum Gasteiger partial charge on any atom is 0.255 e. The lowest BCUT2D eigenvalue weighted by molar-refractivity contribution is 0.102. The van der Waals surface area contributed by atoms with Crippen molar-refractivity contribution in [3.8, 4) is 0 Å². The molecule has 0 spiro atoms. The zero-order chi connectivity index (χ0) is 14.1. The summed E-state index contributed by atoms with van der Waals surface area (Å²) in [5, 5.41) is 10.7. The second-order valence-electron chi connectivity index (χ2n) is 4.50. The van der Waals surface area contributed by atoms with Crippen LogP contribution in [0.25, 0.3) is 10.9 Å². The summed E-state index contributed by atoms with van der Waals surface area (Å²) >= 11 is 3.44. The fraction of sp³-hybridized carbons (Fsp3) is 0.0667. The number of amides is 1. The number of hydrogen-bond donors (Lipinski definition) is 2. The van der Waals surface area contributed by atoms with E-state index in [1.54, 1.807) is 6.20 Å². The molecule has 0 saturated carbocycles. The summed E-state index contributed by atoms with van der Waals surface area (Å²) in [6, 6.07) is 11.2. The van der Waals surface area contributed by atoms with Gasteiger partial charge in [0.2, 0.25) is 0 Å². The van der Waals surface area contributed by atoms with Crippen molar-refractivity contribution in [3.63, 3.8) is 0 Å². The van der Waals surface area contributed by atoms with E-state index in [2.05, 4.69) is 31.4 Å². The molecule has 0 bridgehead atoms. The van der Waals surface area contributed by atoms with Crippen LogP contribution >= 0.6 is 15.9 Å². The van der Waals surface area contributed by atoms with Crippen molar-refractivity contribution in [1.82, 2.24) is 10.2 Å². The predicted octanol–water partition coefficient (Wildman–Crippen LogP) is 3.89. The van der Waals surface area contributed by atoms with Gasteiger partial charge in [0.05, 0.1) is 17.4 Å². The Morgan fingerprint density at radius 2 is 2.05 bits per heavy atom. The summed E-state index contributed by atoms with van der Waals surface area (Å²) in [6.07, 6.45) is 1.71. The number of benzene rings is 2. The highest BCUT2D eigenvalue weighted by atomic mass is 79.9. The van der Waals surface area contributed by atoms with Crippen molar-refractivity contribution in [3.05, 3.63) is 58.2 Å². The minimum Gasteiger partial charge on any atom is -0.321 e. The van der Waals surface area contributed by atoms with E-state index in [1.807, 2.05) is 43.3 Å². The molecule has 1 heterocycles. The Balaban J connectivity index is 1.97. The van der Waals surface area contributed by atoms with Gasteiger partial charge in [-0.25, -0.2) is 0 Å². The second kappa shape index (κ2) is 5.09. The second-order valence-corrected chi connectivity index (χ2v) is 5.36. The minimum atomic E-state index is -0.127. The van der Waals surface area contributed by atoms with Crippen molar-refractivity contribution in [1.29, 1.82) is 0 Å². The normalized spacial score (nSPS) is 10.7. The van der Waals surface area contributed by atoms with Gasteiger partial charge in [-0.05, 0) is 36.8 Å². The van der Waals surface area contributed by atoms with Crippen molar-refractivity contribution < 1.29 is 4.79 Å². The first-order valence-corrected chi connectivity index (χ1v) is 6.94. The molecule has 2 N–H and O–H groups in total. The van der Waals surface area contributed by atoms with Gasteiger partial charge >= 0.3 is 0 Å². The molecule has 0 aliphatic carbocycles. The molecule has 0 aliphatic heterocycles. The maximum absolute atomic E-state index is 12.4. The Kier molecular flexibility index (Phi) is 3.28.